The maximum absolute atomic E-state index is 6.32. The molecule has 0 N–H and O–H groups in total. The first-order valence-corrected chi connectivity index (χ1v) is 7.50. The van der Waals surface area contributed by atoms with Gasteiger partial charge in [0.05, 0.1) is 10.6 Å². The molecule has 3 heterocycles. The summed E-state index contributed by atoms with van der Waals surface area (Å²) in [5.74, 6) is 1.71. The van der Waals surface area contributed by atoms with Gasteiger partial charge in [-0.3, -0.25) is 0 Å². The van der Waals surface area contributed by atoms with Crippen LogP contribution in [0.1, 0.15) is 12.1 Å². The van der Waals surface area contributed by atoms with E-state index in [-0.39, 0.29) is 0 Å². The number of aryl methyl sites for hydroxylation is 1. The second kappa shape index (κ2) is 4.09. The van der Waals surface area contributed by atoms with Gasteiger partial charge in [-0.15, -0.1) is 16.9 Å². The van der Waals surface area contributed by atoms with Crippen molar-refractivity contribution in [1.29, 1.82) is 0 Å². The van der Waals surface area contributed by atoms with Gasteiger partial charge in [0.15, 0.2) is 0 Å². The van der Waals surface area contributed by atoms with Crippen LogP contribution in [0.25, 0.3) is 5.78 Å². The largest absolute Gasteiger partial charge is 0.254 e. The molecule has 0 fully saturated rings. The highest BCUT2D eigenvalue weighted by atomic mass is 35.5. The van der Waals surface area contributed by atoms with E-state index in [1.807, 2.05) is 6.26 Å². The molecule has 0 spiro atoms. The molecule has 0 saturated heterocycles. The summed E-state index contributed by atoms with van der Waals surface area (Å²) >= 11 is 9.57. The van der Waals surface area contributed by atoms with Gasteiger partial charge in [-0.2, -0.15) is 9.50 Å². The third-order valence-corrected chi connectivity index (χ3v) is 4.64. The molecule has 2 aromatic heterocycles. The first kappa shape index (κ1) is 10.7. The maximum atomic E-state index is 6.32. The van der Waals surface area contributed by atoms with E-state index < -0.39 is 0 Å². The van der Waals surface area contributed by atoms with Gasteiger partial charge < -0.3 is 0 Å². The minimum Gasteiger partial charge on any atom is -0.215 e. The zero-order chi connectivity index (χ0) is 11.1. The van der Waals surface area contributed by atoms with E-state index in [1.165, 1.54) is 11.8 Å². The Balaban J connectivity index is 2.28. The molecule has 1 aliphatic heterocycles. The first-order valence-electron chi connectivity index (χ1n) is 4.91. The molecule has 0 radical (unpaired) electrons. The minimum absolute atomic E-state index is 0.607. The number of halogens is 1. The monoisotopic (exact) mass is 272 g/mol. The van der Waals surface area contributed by atoms with Crippen LogP contribution < -0.4 is 0 Å². The van der Waals surface area contributed by atoms with E-state index in [9.17, 15) is 0 Å². The molecule has 0 bridgehead atoms. The summed E-state index contributed by atoms with van der Waals surface area (Å²) in [5, 5.41) is 5.66. The lowest BCUT2D eigenvalue weighted by Gasteiger charge is -2.14. The highest BCUT2D eigenvalue weighted by Crippen LogP contribution is 2.35. The van der Waals surface area contributed by atoms with Crippen LogP contribution >= 0.6 is 35.1 Å². The van der Waals surface area contributed by atoms with E-state index in [2.05, 4.69) is 15.1 Å². The second-order valence-corrected chi connectivity index (χ2v) is 5.68. The van der Waals surface area contributed by atoms with Gasteiger partial charge in [0, 0.05) is 0 Å². The molecule has 84 valence electrons. The molecular formula is C9H9ClN4S2. The Morgan fingerprint density at radius 1 is 1.44 bits per heavy atom. The number of nitrogens with zero attached hydrogens (tertiary/aromatic N) is 4. The maximum Gasteiger partial charge on any atom is 0.254 e. The first-order chi connectivity index (χ1) is 7.79. The molecule has 0 saturated carbocycles. The number of fused-ring (bicyclic) bond motifs is 2. The summed E-state index contributed by atoms with van der Waals surface area (Å²) in [6.07, 6.45) is 4.08. The highest BCUT2D eigenvalue weighted by molar-refractivity contribution is 7.99. The fourth-order valence-electron chi connectivity index (χ4n) is 1.69. The molecule has 16 heavy (non-hydrogen) atoms. The van der Waals surface area contributed by atoms with Crippen molar-refractivity contribution in [3.63, 3.8) is 0 Å². The third-order valence-electron chi connectivity index (χ3n) is 2.43. The molecule has 0 atom stereocenters. The van der Waals surface area contributed by atoms with Gasteiger partial charge >= 0.3 is 0 Å². The van der Waals surface area contributed by atoms with Crippen LogP contribution in [0.3, 0.4) is 0 Å². The molecule has 7 heteroatoms. The molecular weight excluding hydrogens is 264 g/mol. The van der Waals surface area contributed by atoms with Crippen molar-refractivity contribution in [2.24, 2.45) is 0 Å². The lowest BCUT2D eigenvalue weighted by molar-refractivity contribution is 0.800. The summed E-state index contributed by atoms with van der Waals surface area (Å²) in [7, 11) is 0. The van der Waals surface area contributed by atoms with Crippen LogP contribution in [-0.4, -0.2) is 31.6 Å². The van der Waals surface area contributed by atoms with Crippen molar-refractivity contribution in [1.82, 2.24) is 19.6 Å². The SMILES string of the molecule is CSc1nc2nc3c(c(Cl)n2n1)SCCC3. The van der Waals surface area contributed by atoms with Gasteiger partial charge in [0.2, 0.25) is 5.16 Å². The fourth-order valence-corrected chi connectivity index (χ4v) is 3.42. The minimum atomic E-state index is 0.607. The van der Waals surface area contributed by atoms with E-state index >= 15 is 0 Å². The molecule has 0 amide bonds. The molecule has 3 rings (SSSR count). The van der Waals surface area contributed by atoms with Gasteiger partial charge in [-0.25, -0.2) is 4.98 Å². The van der Waals surface area contributed by atoms with E-state index in [0.29, 0.717) is 16.1 Å². The van der Waals surface area contributed by atoms with Gasteiger partial charge in [0.1, 0.15) is 5.15 Å². The molecule has 2 aromatic rings. The third kappa shape index (κ3) is 1.59. The highest BCUT2D eigenvalue weighted by Gasteiger charge is 2.19. The van der Waals surface area contributed by atoms with Gasteiger partial charge in [-0.05, 0) is 24.9 Å². The lowest BCUT2D eigenvalue weighted by Crippen LogP contribution is -2.06. The van der Waals surface area contributed by atoms with Crippen molar-refractivity contribution >= 4 is 40.9 Å². The fraction of sp³-hybridized carbons (Fsp3) is 0.444. The summed E-state index contributed by atoms with van der Waals surface area (Å²) in [6, 6.07) is 0. The Morgan fingerprint density at radius 2 is 2.31 bits per heavy atom. The number of hydrogen-bond acceptors (Lipinski definition) is 5. The van der Waals surface area contributed by atoms with Crippen molar-refractivity contribution < 1.29 is 0 Å². The molecule has 1 aliphatic rings. The molecule has 0 unspecified atom stereocenters. The summed E-state index contributed by atoms with van der Waals surface area (Å²) in [4.78, 5) is 9.89. The topological polar surface area (TPSA) is 43.1 Å². The standard InChI is InChI=1S/C9H9ClN4S2/c1-15-9-12-8-11-5-3-2-4-16-6(5)7(10)14(8)13-9/h2-4H2,1H3. The van der Waals surface area contributed by atoms with Crippen molar-refractivity contribution in [2.45, 2.75) is 22.9 Å². The Morgan fingerprint density at radius 3 is 3.12 bits per heavy atom. The predicted molar refractivity (Wildman–Crippen MR) is 66.6 cm³/mol. The second-order valence-electron chi connectivity index (χ2n) is 3.44. The number of thioether (sulfide) groups is 2. The van der Waals surface area contributed by atoms with Crippen LogP contribution in [-0.2, 0) is 6.42 Å². The summed E-state index contributed by atoms with van der Waals surface area (Å²) in [6.45, 7) is 0. The number of aromatic nitrogens is 4. The van der Waals surface area contributed by atoms with Gasteiger partial charge in [0.25, 0.3) is 5.78 Å². The Kier molecular flexibility index (Phi) is 2.73. The predicted octanol–water partition coefficient (Wildman–Crippen LogP) is 2.54. The van der Waals surface area contributed by atoms with Crippen molar-refractivity contribution in [3.05, 3.63) is 10.8 Å². The van der Waals surface area contributed by atoms with Crippen LogP contribution in [0.5, 0.6) is 0 Å². The van der Waals surface area contributed by atoms with E-state index in [0.717, 1.165) is 29.2 Å². The number of hydrogen-bond donors (Lipinski definition) is 0. The van der Waals surface area contributed by atoms with Gasteiger partial charge in [-0.1, -0.05) is 23.4 Å². The smallest absolute Gasteiger partial charge is 0.215 e. The van der Waals surface area contributed by atoms with Crippen molar-refractivity contribution in [2.75, 3.05) is 12.0 Å². The number of rotatable bonds is 1. The Bertz CT molecular complexity index is 554. The van der Waals surface area contributed by atoms with Crippen LogP contribution in [0, 0.1) is 0 Å². The van der Waals surface area contributed by atoms with Crippen molar-refractivity contribution in [3.8, 4) is 0 Å². The normalized spacial score (nSPS) is 15.4. The van der Waals surface area contributed by atoms with Crippen LogP contribution in [0.15, 0.2) is 10.1 Å². The van der Waals surface area contributed by atoms with E-state index in [1.54, 1.807) is 16.3 Å². The zero-order valence-corrected chi connectivity index (χ0v) is 11.0. The average molecular weight is 273 g/mol. The summed E-state index contributed by atoms with van der Waals surface area (Å²) < 4.78 is 1.63. The average Bonchev–Trinajstić information content (AvgIpc) is 2.73. The quantitative estimate of drug-likeness (QED) is 0.590. The molecule has 0 aliphatic carbocycles. The zero-order valence-electron chi connectivity index (χ0n) is 8.60. The van der Waals surface area contributed by atoms with E-state index in [4.69, 9.17) is 11.6 Å². The Hall–Kier alpha value is -0.460. The summed E-state index contributed by atoms with van der Waals surface area (Å²) in [5.41, 5.74) is 1.06. The van der Waals surface area contributed by atoms with Crippen LogP contribution in [0.2, 0.25) is 5.15 Å². The van der Waals surface area contributed by atoms with Crippen LogP contribution in [0.4, 0.5) is 0 Å². The molecule has 0 aromatic carbocycles. The Labute approximate surface area is 106 Å². The molecule has 4 nitrogen and oxygen atoms in total. The lowest BCUT2D eigenvalue weighted by atomic mass is 10.2.